The van der Waals surface area contributed by atoms with Crippen LogP contribution in [0.1, 0.15) is 17.3 Å². The smallest absolute Gasteiger partial charge is 0.343 e. The largest absolute Gasteiger partial charge is 0.494 e. The molecule has 0 aromatic heterocycles. The van der Waals surface area contributed by atoms with Gasteiger partial charge in [0.05, 0.1) is 17.9 Å². The van der Waals surface area contributed by atoms with Crippen LogP contribution in [0.25, 0.3) is 10.8 Å². The summed E-state index contributed by atoms with van der Waals surface area (Å²) in [4.78, 5) is 39.3. The number of amides is 2. The van der Waals surface area contributed by atoms with Gasteiger partial charge in [-0.3, -0.25) is 9.59 Å². The van der Waals surface area contributed by atoms with Crippen molar-refractivity contribution in [1.29, 1.82) is 0 Å². The number of carbonyl (C=O) groups is 3. The number of halogens is 1. The summed E-state index contributed by atoms with van der Waals surface area (Å²) in [6, 6.07) is 26.1. The van der Waals surface area contributed by atoms with E-state index in [1.54, 1.807) is 60.7 Å². The second kappa shape index (κ2) is 10.2. The number of hydrogen-bond donors (Lipinski definition) is 1. The summed E-state index contributed by atoms with van der Waals surface area (Å²) in [7, 11) is 0. The van der Waals surface area contributed by atoms with Crippen LogP contribution >= 0.6 is 11.6 Å². The third-order valence-corrected chi connectivity index (χ3v) is 6.11. The van der Waals surface area contributed by atoms with Gasteiger partial charge in [0, 0.05) is 5.69 Å². The Hall–Kier alpha value is -4.62. The van der Waals surface area contributed by atoms with Gasteiger partial charge in [-0.1, -0.05) is 41.9 Å². The highest BCUT2D eigenvalue weighted by Crippen LogP contribution is 2.31. The van der Waals surface area contributed by atoms with Gasteiger partial charge in [0.2, 0.25) is 0 Å². The molecule has 4 aromatic carbocycles. The van der Waals surface area contributed by atoms with Crippen LogP contribution in [0, 0.1) is 0 Å². The van der Waals surface area contributed by atoms with Crippen LogP contribution in [0.2, 0.25) is 0 Å². The first-order chi connectivity index (χ1) is 17.9. The molecule has 0 unspecified atom stereocenters. The maximum absolute atomic E-state index is 13.0. The van der Waals surface area contributed by atoms with Gasteiger partial charge in [0.1, 0.15) is 22.2 Å². The number of carbonyl (C=O) groups excluding carboxylic acids is 3. The minimum absolute atomic E-state index is 0.0490. The molecular weight excluding hydrogens is 492 g/mol. The molecule has 5 rings (SSSR count). The molecule has 2 amide bonds. The number of nitrogens with one attached hydrogen (secondary N) is 1. The molecule has 1 heterocycles. The fraction of sp³-hybridized carbons (Fsp3) is 0.0690. The third kappa shape index (κ3) is 4.90. The molecular formula is C29H21ClN2O5. The monoisotopic (exact) mass is 512 g/mol. The standard InChI is InChI=1S/C29H21ClN2O5/c1-2-36-23-15-12-22(13-16-23)32-27(33)25(30)26(28(32)34)31-21-10-7-19(8-11-21)29(35)37-24-14-9-18-5-3-4-6-20(18)17-24/h3-17,31H,2H2,1H3. The molecule has 8 heteroatoms. The molecule has 7 nitrogen and oxygen atoms in total. The van der Waals surface area contributed by atoms with E-state index in [1.165, 1.54) is 0 Å². The lowest BCUT2D eigenvalue weighted by atomic mass is 10.1. The Bertz CT molecular complexity index is 1550. The van der Waals surface area contributed by atoms with Gasteiger partial charge in [0.15, 0.2) is 0 Å². The van der Waals surface area contributed by atoms with E-state index in [2.05, 4.69) is 5.32 Å². The summed E-state index contributed by atoms with van der Waals surface area (Å²) in [6.45, 7) is 2.37. The summed E-state index contributed by atoms with van der Waals surface area (Å²) in [5, 5.41) is 4.69. The van der Waals surface area contributed by atoms with E-state index < -0.39 is 17.8 Å². The fourth-order valence-corrected chi connectivity index (χ4v) is 4.15. The quantitative estimate of drug-likeness (QED) is 0.189. The molecule has 0 radical (unpaired) electrons. The summed E-state index contributed by atoms with van der Waals surface area (Å²) in [5.41, 5.74) is 1.13. The minimum atomic E-state index is -0.631. The number of imide groups is 1. The van der Waals surface area contributed by atoms with Crippen molar-refractivity contribution in [2.75, 3.05) is 16.8 Å². The van der Waals surface area contributed by atoms with E-state index in [0.29, 0.717) is 35.0 Å². The molecule has 0 spiro atoms. The summed E-state index contributed by atoms with van der Waals surface area (Å²) >= 11 is 6.22. The maximum Gasteiger partial charge on any atom is 0.343 e. The van der Waals surface area contributed by atoms with Crippen molar-refractivity contribution >= 4 is 51.5 Å². The number of esters is 1. The Balaban J connectivity index is 1.27. The number of ether oxygens (including phenoxy) is 2. The average molecular weight is 513 g/mol. The van der Waals surface area contributed by atoms with Crippen LogP contribution < -0.4 is 19.7 Å². The molecule has 1 aliphatic heterocycles. The van der Waals surface area contributed by atoms with Crippen LogP contribution in [0.4, 0.5) is 11.4 Å². The number of benzene rings is 4. The Morgan fingerprint density at radius 3 is 2.22 bits per heavy atom. The highest BCUT2D eigenvalue weighted by Gasteiger charge is 2.39. The Labute approximate surface area is 217 Å². The Kier molecular flexibility index (Phi) is 6.62. The number of rotatable bonds is 7. The molecule has 0 aliphatic carbocycles. The molecule has 0 atom stereocenters. The van der Waals surface area contributed by atoms with Crippen molar-refractivity contribution in [3.8, 4) is 11.5 Å². The highest BCUT2D eigenvalue weighted by molar-refractivity contribution is 6.53. The zero-order chi connectivity index (χ0) is 25.9. The van der Waals surface area contributed by atoms with E-state index in [9.17, 15) is 14.4 Å². The number of anilines is 2. The Morgan fingerprint density at radius 1 is 0.838 bits per heavy atom. The first kappa shape index (κ1) is 24.1. The lowest BCUT2D eigenvalue weighted by Crippen LogP contribution is -2.32. The second-order valence-electron chi connectivity index (χ2n) is 8.16. The molecule has 0 saturated heterocycles. The molecule has 37 heavy (non-hydrogen) atoms. The second-order valence-corrected chi connectivity index (χ2v) is 8.54. The van der Waals surface area contributed by atoms with Crippen molar-refractivity contribution in [1.82, 2.24) is 0 Å². The van der Waals surface area contributed by atoms with Crippen molar-refractivity contribution < 1.29 is 23.9 Å². The number of hydrogen-bond acceptors (Lipinski definition) is 6. The van der Waals surface area contributed by atoms with Crippen molar-refractivity contribution in [2.24, 2.45) is 0 Å². The highest BCUT2D eigenvalue weighted by atomic mass is 35.5. The lowest BCUT2D eigenvalue weighted by Gasteiger charge is -2.15. The van der Waals surface area contributed by atoms with E-state index >= 15 is 0 Å². The van der Waals surface area contributed by atoms with Crippen molar-refractivity contribution in [3.63, 3.8) is 0 Å². The minimum Gasteiger partial charge on any atom is -0.494 e. The summed E-state index contributed by atoms with van der Waals surface area (Å²) < 4.78 is 10.9. The van der Waals surface area contributed by atoms with E-state index in [1.807, 2.05) is 37.3 Å². The average Bonchev–Trinajstić information content (AvgIpc) is 3.12. The molecule has 1 N–H and O–H groups in total. The van der Waals surface area contributed by atoms with Gasteiger partial charge in [-0.25, -0.2) is 9.69 Å². The molecule has 0 fully saturated rings. The van der Waals surface area contributed by atoms with Gasteiger partial charge in [-0.2, -0.15) is 0 Å². The number of fused-ring (bicyclic) bond motifs is 1. The zero-order valence-electron chi connectivity index (χ0n) is 19.7. The first-order valence-corrected chi connectivity index (χ1v) is 11.9. The molecule has 0 saturated carbocycles. The van der Waals surface area contributed by atoms with Crippen molar-refractivity contribution in [3.05, 3.63) is 107 Å². The third-order valence-electron chi connectivity index (χ3n) is 5.75. The van der Waals surface area contributed by atoms with E-state index in [4.69, 9.17) is 21.1 Å². The van der Waals surface area contributed by atoms with Crippen LogP contribution in [0.5, 0.6) is 11.5 Å². The zero-order valence-corrected chi connectivity index (χ0v) is 20.5. The van der Waals surface area contributed by atoms with Gasteiger partial charge in [-0.15, -0.1) is 0 Å². The first-order valence-electron chi connectivity index (χ1n) is 11.5. The summed E-state index contributed by atoms with van der Waals surface area (Å²) in [5.74, 6) is -0.671. The van der Waals surface area contributed by atoms with E-state index in [0.717, 1.165) is 15.7 Å². The molecule has 1 aliphatic rings. The molecule has 0 bridgehead atoms. The predicted octanol–water partition coefficient (Wildman–Crippen LogP) is 5.89. The maximum atomic E-state index is 13.0. The van der Waals surface area contributed by atoms with Gasteiger partial charge < -0.3 is 14.8 Å². The topological polar surface area (TPSA) is 84.9 Å². The van der Waals surface area contributed by atoms with Crippen LogP contribution in [-0.2, 0) is 9.59 Å². The lowest BCUT2D eigenvalue weighted by molar-refractivity contribution is -0.120. The number of nitrogens with zero attached hydrogens (tertiary/aromatic N) is 1. The predicted molar refractivity (Wildman–Crippen MR) is 142 cm³/mol. The van der Waals surface area contributed by atoms with Gasteiger partial charge in [-0.05, 0) is 78.4 Å². The summed E-state index contributed by atoms with van der Waals surface area (Å²) in [6.07, 6.45) is 0. The fourth-order valence-electron chi connectivity index (χ4n) is 3.93. The van der Waals surface area contributed by atoms with Crippen LogP contribution in [0.3, 0.4) is 0 Å². The van der Waals surface area contributed by atoms with E-state index in [-0.39, 0.29) is 10.7 Å². The van der Waals surface area contributed by atoms with Gasteiger partial charge >= 0.3 is 5.97 Å². The molecule has 184 valence electrons. The molecule has 4 aromatic rings. The normalized spacial score (nSPS) is 13.3. The van der Waals surface area contributed by atoms with Crippen molar-refractivity contribution in [2.45, 2.75) is 6.92 Å². The van der Waals surface area contributed by atoms with Crippen LogP contribution in [0.15, 0.2) is 102 Å². The van der Waals surface area contributed by atoms with Crippen LogP contribution in [-0.4, -0.2) is 24.4 Å². The van der Waals surface area contributed by atoms with Gasteiger partial charge in [0.25, 0.3) is 11.8 Å². The Morgan fingerprint density at radius 2 is 1.51 bits per heavy atom. The SMILES string of the molecule is CCOc1ccc(N2C(=O)C(Cl)=C(Nc3ccc(C(=O)Oc4ccc5ccccc5c4)cc3)C2=O)cc1.